The first-order valence-electron chi connectivity index (χ1n) is 9.00. The number of hydrogen-bond donors (Lipinski definition) is 0. The molecule has 0 bridgehead atoms. The zero-order chi connectivity index (χ0) is 19.7. The number of esters is 1. The van der Waals surface area contributed by atoms with Crippen LogP contribution in [0.15, 0.2) is 82.4 Å². The van der Waals surface area contributed by atoms with Crippen molar-refractivity contribution in [2.24, 2.45) is 5.92 Å². The maximum Gasteiger partial charge on any atom is 0.319 e. The molecule has 1 saturated heterocycles. The highest BCUT2D eigenvalue weighted by Gasteiger charge is 2.47. The Balaban J connectivity index is 1.89. The van der Waals surface area contributed by atoms with Crippen LogP contribution in [0.2, 0.25) is 0 Å². The van der Waals surface area contributed by atoms with Crippen LogP contribution in [0.5, 0.6) is 0 Å². The highest BCUT2D eigenvalue weighted by atomic mass is 16.7. The van der Waals surface area contributed by atoms with E-state index in [-0.39, 0.29) is 17.8 Å². The lowest BCUT2D eigenvalue weighted by Gasteiger charge is -2.25. The van der Waals surface area contributed by atoms with Gasteiger partial charge >= 0.3 is 5.97 Å². The molecule has 0 aliphatic carbocycles. The van der Waals surface area contributed by atoms with Crippen LogP contribution >= 0.6 is 0 Å². The van der Waals surface area contributed by atoms with Gasteiger partial charge in [0.05, 0.1) is 23.2 Å². The summed E-state index contributed by atoms with van der Waals surface area (Å²) in [6.45, 7) is 5.83. The van der Waals surface area contributed by atoms with E-state index in [9.17, 15) is 9.59 Å². The average Bonchev–Trinajstić information content (AvgIpc) is 3.06. The smallest absolute Gasteiger partial charge is 0.319 e. The number of anilines is 1. The second kappa shape index (κ2) is 7.23. The summed E-state index contributed by atoms with van der Waals surface area (Å²) in [7, 11) is 0. The quantitative estimate of drug-likeness (QED) is 0.641. The Morgan fingerprint density at radius 2 is 1.86 bits per heavy atom. The van der Waals surface area contributed by atoms with Crippen LogP contribution in [-0.2, 0) is 14.4 Å². The van der Waals surface area contributed by atoms with Crippen LogP contribution in [-0.4, -0.2) is 12.6 Å². The first-order valence-corrected chi connectivity index (χ1v) is 9.00. The fourth-order valence-corrected chi connectivity index (χ4v) is 3.43. The number of benzene rings is 2. The Morgan fingerprint density at radius 1 is 1.14 bits per heavy atom. The molecular formula is C22H19NO5. The minimum Gasteiger partial charge on any atom is -0.465 e. The molecule has 0 spiro atoms. The molecule has 142 valence electrons. The number of para-hydroxylation sites is 2. The lowest BCUT2D eigenvalue weighted by atomic mass is 9.92. The molecule has 1 fully saturated rings. The molecule has 6 heteroatoms. The molecule has 1 aliphatic rings. The molecule has 1 aliphatic heterocycles. The van der Waals surface area contributed by atoms with Crippen molar-refractivity contribution in [3.05, 3.63) is 89.0 Å². The average molecular weight is 377 g/mol. The molecule has 2 unspecified atom stereocenters. The van der Waals surface area contributed by atoms with Gasteiger partial charge in [-0.3, -0.25) is 9.59 Å². The monoisotopic (exact) mass is 377 g/mol. The van der Waals surface area contributed by atoms with Crippen LogP contribution < -0.4 is 10.5 Å². The van der Waals surface area contributed by atoms with E-state index >= 15 is 0 Å². The van der Waals surface area contributed by atoms with Gasteiger partial charge in [-0.2, -0.15) is 0 Å². The number of nitrogens with zero attached hydrogens (tertiary/aromatic N) is 1. The van der Waals surface area contributed by atoms with Crippen LogP contribution in [0.1, 0.15) is 18.5 Å². The minimum atomic E-state index is -0.857. The maximum atomic E-state index is 13.2. The molecule has 6 nitrogen and oxygen atoms in total. The maximum absolute atomic E-state index is 13.2. The Labute approximate surface area is 161 Å². The molecule has 2 aromatic carbocycles. The summed E-state index contributed by atoms with van der Waals surface area (Å²) >= 11 is 0. The number of carbonyl (C=O) groups excluding carboxylic acids is 1. The highest BCUT2D eigenvalue weighted by molar-refractivity contribution is 5.80. The van der Waals surface area contributed by atoms with Crippen molar-refractivity contribution in [3.63, 3.8) is 0 Å². The Bertz CT molecular complexity index is 1090. The number of hydrogen-bond acceptors (Lipinski definition) is 6. The molecule has 0 amide bonds. The van der Waals surface area contributed by atoms with Gasteiger partial charge in [-0.1, -0.05) is 36.9 Å². The van der Waals surface area contributed by atoms with Crippen molar-refractivity contribution in [1.82, 2.24) is 0 Å². The van der Waals surface area contributed by atoms with Gasteiger partial charge in [-0.15, -0.1) is 0 Å². The third-order valence-corrected chi connectivity index (χ3v) is 4.71. The first kappa shape index (κ1) is 17.9. The first-order chi connectivity index (χ1) is 13.6. The fourth-order valence-electron chi connectivity index (χ4n) is 3.43. The molecule has 3 aromatic rings. The van der Waals surface area contributed by atoms with Gasteiger partial charge in [0.25, 0.3) is 0 Å². The van der Waals surface area contributed by atoms with Gasteiger partial charge in [0, 0.05) is 0 Å². The Kier molecular flexibility index (Phi) is 4.61. The molecule has 28 heavy (non-hydrogen) atoms. The van der Waals surface area contributed by atoms with Gasteiger partial charge in [0.2, 0.25) is 0 Å². The number of carbonyl (C=O) groups is 1. The third-order valence-electron chi connectivity index (χ3n) is 4.71. The highest BCUT2D eigenvalue weighted by Crippen LogP contribution is 2.43. The zero-order valence-electron chi connectivity index (χ0n) is 15.3. The topological polar surface area (TPSA) is 69.0 Å². The van der Waals surface area contributed by atoms with Gasteiger partial charge < -0.3 is 14.0 Å². The Morgan fingerprint density at radius 3 is 2.61 bits per heavy atom. The lowest BCUT2D eigenvalue weighted by molar-refractivity contribution is -0.147. The van der Waals surface area contributed by atoms with Crippen LogP contribution in [0, 0.1) is 5.92 Å². The number of fused-ring (bicyclic) bond motifs is 1. The number of hydroxylamine groups is 1. The van der Waals surface area contributed by atoms with E-state index < -0.39 is 17.9 Å². The van der Waals surface area contributed by atoms with Crippen molar-refractivity contribution in [3.8, 4) is 0 Å². The van der Waals surface area contributed by atoms with Crippen molar-refractivity contribution in [2.75, 3.05) is 11.7 Å². The predicted molar refractivity (Wildman–Crippen MR) is 104 cm³/mol. The normalized spacial score (nSPS) is 18.9. The van der Waals surface area contributed by atoms with E-state index in [0.717, 1.165) is 0 Å². The predicted octanol–water partition coefficient (Wildman–Crippen LogP) is 3.98. The zero-order valence-corrected chi connectivity index (χ0v) is 15.3. The van der Waals surface area contributed by atoms with Crippen LogP contribution in [0.25, 0.3) is 11.0 Å². The van der Waals surface area contributed by atoms with Gasteiger partial charge in [0.15, 0.2) is 5.43 Å². The van der Waals surface area contributed by atoms with Crippen molar-refractivity contribution < 1.29 is 18.8 Å². The van der Waals surface area contributed by atoms with Gasteiger partial charge in [-0.25, -0.2) is 5.06 Å². The summed E-state index contributed by atoms with van der Waals surface area (Å²) in [6, 6.07) is 15.5. The van der Waals surface area contributed by atoms with E-state index in [4.69, 9.17) is 14.0 Å². The lowest BCUT2D eigenvalue weighted by Crippen LogP contribution is -2.32. The molecule has 2 atom stereocenters. The summed E-state index contributed by atoms with van der Waals surface area (Å²) in [5.74, 6) is -1.13. The second-order valence-electron chi connectivity index (χ2n) is 6.41. The van der Waals surface area contributed by atoms with Gasteiger partial charge in [-0.05, 0) is 31.2 Å². The summed E-state index contributed by atoms with van der Waals surface area (Å²) in [6.07, 6.45) is 1.39. The Hall–Kier alpha value is -3.54. The summed E-state index contributed by atoms with van der Waals surface area (Å²) in [5, 5.41) is 1.96. The van der Waals surface area contributed by atoms with E-state index in [1.807, 2.05) is 30.3 Å². The molecule has 0 N–H and O–H groups in total. The largest absolute Gasteiger partial charge is 0.465 e. The van der Waals surface area contributed by atoms with E-state index in [0.29, 0.717) is 22.2 Å². The summed E-state index contributed by atoms with van der Waals surface area (Å²) in [5.41, 5.74) is 1.25. The third kappa shape index (κ3) is 2.93. The SMILES string of the molecule is C=C1ON(c2ccccc2)C(c2coc3ccccc3c2=O)C1C(=O)OCC. The van der Waals surface area contributed by atoms with E-state index in [2.05, 4.69) is 6.58 Å². The molecule has 1 aromatic heterocycles. The molecular weight excluding hydrogens is 358 g/mol. The van der Waals surface area contributed by atoms with Crippen molar-refractivity contribution >= 4 is 22.6 Å². The number of rotatable bonds is 4. The molecule has 2 heterocycles. The molecule has 4 rings (SSSR count). The van der Waals surface area contributed by atoms with Crippen molar-refractivity contribution in [1.29, 1.82) is 0 Å². The van der Waals surface area contributed by atoms with Gasteiger partial charge in [0.1, 0.15) is 29.6 Å². The van der Waals surface area contributed by atoms with E-state index in [1.54, 1.807) is 31.2 Å². The van der Waals surface area contributed by atoms with Crippen LogP contribution in [0.3, 0.4) is 0 Å². The number of ether oxygens (including phenoxy) is 1. The van der Waals surface area contributed by atoms with Crippen molar-refractivity contribution in [2.45, 2.75) is 13.0 Å². The second-order valence-corrected chi connectivity index (χ2v) is 6.41. The summed E-state index contributed by atoms with van der Waals surface area (Å²) < 4.78 is 10.9. The minimum absolute atomic E-state index is 0.215. The fraction of sp³-hybridized carbons (Fsp3) is 0.182. The molecule has 0 saturated carbocycles. The molecule has 0 radical (unpaired) electrons. The standard InChI is InChI=1S/C22H19NO5/c1-3-26-22(25)19-14(2)28-23(15-9-5-4-6-10-15)20(19)17-13-27-18-12-8-7-11-16(18)21(17)24/h4-13,19-20H,2-3H2,1H3. The van der Waals surface area contributed by atoms with E-state index in [1.165, 1.54) is 11.3 Å². The summed E-state index contributed by atoms with van der Waals surface area (Å²) in [4.78, 5) is 31.7. The van der Waals surface area contributed by atoms with Crippen LogP contribution in [0.4, 0.5) is 5.69 Å².